The van der Waals surface area contributed by atoms with Gasteiger partial charge in [0.2, 0.25) is 5.82 Å². The maximum absolute atomic E-state index is 13.5. The maximum atomic E-state index is 13.5. The third-order valence-electron chi connectivity index (χ3n) is 5.25. The van der Waals surface area contributed by atoms with Crippen LogP contribution in [-0.4, -0.2) is 33.6 Å². The van der Waals surface area contributed by atoms with Crippen molar-refractivity contribution in [2.45, 2.75) is 13.1 Å². The Morgan fingerprint density at radius 2 is 1.64 bits per heavy atom. The quantitative estimate of drug-likeness (QED) is 0.482. The van der Waals surface area contributed by atoms with Gasteiger partial charge in [0.05, 0.1) is 31.1 Å². The van der Waals surface area contributed by atoms with Crippen LogP contribution in [0.5, 0.6) is 11.5 Å². The van der Waals surface area contributed by atoms with Gasteiger partial charge in [-0.25, -0.2) is 14.6 Å². The highest BCUT2D eigenvalue weighted by Gasteiger charge is 2.36. The third-order valence-corrected chi connectivity index (χ3v) is 5.25. The molecule has 0 saturated carbocycles. The molecule has 0 aliphatic carbocycles. The molecule has 4 rings (SSSR count). The van der Waals surface area contributed by atoms with E-state index in [2.05, 4.69) is 15.3 Å². The predicted octanol–water partition coefficient (Wildman–Crippen LogP) is 4.21. The first-order chi connectivity index (χ1) is 15.7. The second kappa shape index (κ2) is 8.15. The van der Waals surface area contributed by atoms with Gasteiger partial charge in [-0.15, -0.1) is 0 Å². The van der Waals surface area contributed by atoms with Crippen LogP contribution in [0.25, 0.3) is 16.6 Å². The van der Waals surface area contributed by atoms with Gasteiger partial charge in [0, 0.05) is 18.5 Å². The highest BCUT2D eigenvalue weighted by molar-refractivity contribution is 5.93. The first kappa shape index (κ1) is 22.2. The number of para-hydroxylation sites is 1. The molecule has 0 fully saturated rings. The summed E-state index contributed by atoms with van der Waals surface area (Å²) < 4.78 is 54.1. The van der Waals surface area contributed by atoms with Crippen molar-refractivity contribution in [3.05, 3.63) is 64.3 Å². The minimum absolute atomic E-state index is 0.0190. The van der Waals surface area contributed by atoms with Crippen molar-refractivity contribution in [3.63, 3.8) is 0 Å². The van der Waals surface area contributed by atoms with Crippen LogP contribution in [-0.2, 0) is 13.2 Å². The van der Waals surface area contributed by atoms with Crippen molar-refractivity contribution in [2.75, 3.05) is 19.5 Å². The van der Waals surface area contributed by atoms with Crippen molar-refractivity contribution in [1.29, 1.82) is 0 Å². The maximum Gasteiger partial charge on any atom is 0.451 e. The molecule has 33 heavy (non-hydrogen) atoms. The van der Waals surface area contributed by atoms with Gasteiger partial charge >= 0.3 is 6.18 Å². The fraction of sp³-hybridized carbons (Fsp3) is 0.227. The zero-order chi connectivity index (χ0) is 23.9. The van der Waals surface area contributed by atoms with Gasteiger partial charge in [-0.2, -0.15) is 13.2 Å². The highest BCUT2D eigenvalue weighted by Crippen LogP contribution is 2.37. The SMILES string of the molecule is COc1cc2nc(C(F)(F)F)nc(Nc3c(C)n(C)n(-c4ccccc4)c3=O)c2cc1OC. The van der Waals surface area contributed by atoms with Crippen molar-refractivity contribution < 1.29 is 22.6 Å². The lowest BCUT2D eigenvalue weighted by atomic mass is 10.2. The Balaban J connectivity index is 1.94. The van der Waals surface area contributed by atoms with Crippen molar-refractivity contribution in [3.8, 4) is 17.2 Å². The number of nitrogens with one attached hydrogen (secondary N) is 1. The fourth-order valence-corrected chi connectivity index (χ4v) is 3.51. The Kier molecular flexibility index (Phi) is 5.48. The van der Waals surface area contributed by atoms with Gasteiger partial charge < -0.3 is 14.8 Å². The number of alkyl halides is 3. The number of ether oxygens (including phenoxy) is 2. The van der Waals surface area contributed by atoms with E-state index in [1.54, 1.807) is 42.9 Å². The number of hydrogen-bond acceptors (Lipinski definition) is 6. The Labute approximate surface area is 186 Å². The van der Waals surface area contributed by atoms with Gasteiger partial charge in [0.15, 0.2) is 11.5 Å². The number of aromatic nitrogens is 4. The average molecular weight is 459 g/mol. The van der Waals surface area contributed by atoms with Crippen molar-refractivity contribution >= 4 is 22.4 Å². The summed E-state index contributed by atoms with van der Waals surface area (Å²) in [5.41, 5.74) is 0.737. The molecule has 0 atom stereocenters. The number of fused-ring (bicyclic) bond motifs is 1. The highest BCUT2D eigenvalue weighted by atomic mass is 19.4. The Hall–Kier alpha value is -4.02. The number of nitrogens with zero attached hydrogens (tertiary/aromatic N) is 4. The smallest absolute Gasteiger partial charge is 0.451 e. The first-order valence-electron chi connectivity index (χ1n) is 9.77. The Morgan fingerprint density at radius 3 is 2.24 bits per heavy atom. The normalized spacial score (nSPS) is 11.6. The number of halogens is 3. The van der Waals surface area contributed by atoms with E-state index in [0.29, 0.717) is 11.4 Å². The second-order valence-electron chi connectivity index (χ2n) is 7.18. The molecule has 2 heterocycles. The number of hydrogen-bond donors (Lipinski definition) is 1. The van der Waals surface area contributed by atoms with E-state index in [4.69, 9.17) is 9.47 Å². The summed E-state index contributed by atoms with van der Waals surface area (Å²) in [6, 6.07) is 11.7. The summed E-state index contributed by atoms with van der Waals surface area (Å²) in [5, 5.41) is 3.05. The molecule has 2 aromatic heterocycles. The predicted molar refractivity (Wildman–Crippen MR) is 117 cm³/mol. The first-order valence-corrected chi connectivity index (χ1v) is 9.77. The third kappa shape index (κ3) is 3.86. The molecule has 8 nitrogen and oxygen atoms in total. The van der Waals surface area contributed by atoms with Crippen LogP contribution in [0.2, 0.25) is 0 Å². The standard InChI is InChI=1S/C22H20F3N5O3/c1-12-18(20(31)30(29(12)2)13-8-6-5-7-9-13)27-19-14-10-16(32-3)17(33-4)11-15(14)26-21(28-19)22(23,24)25/h5-11H,1-4H3,(H,26,27,28). The molecule has 0 saturated heterocycles. The van der Waals surface area contributed by atoms with Crippen LogP contribution in [0, 0.1) is 6.92 Å². The van der Waals surface area contributed by atoms with E-state index in [1.165, 1.54) is 31.0 Å². The fourth-order valence-electron chi connectivity index (χ4n) is 3.51. The molecule has 0 aliphatic rings. The summed E-state index contributed by atoms with van der Waals surface area (Å²) in [6.45, 7) is 1.68. The van der Waals surface area contributed by atoms with Gasteiger partial charge in [-0.1, -0.05) is 18.2 Å². The molecule has 0 bridgehead atoms. The summed E-state index contributed by atoms with van der Waals surface area (Å²) in [6.07, 6.45) is -4.80. The molecule has 0 amide bonds. The summed E-state index contributed by atoms with van der Waals surface area (Å²) in [7, 11) is 4.46. The number of rotatable bonds is 5. The molecule has 0 spiro atoms. The summed E-state index contributed by atoms with van der Waals surface area (Å²) in [4.78, 5) is 20.6. The van der Waals surface area contributed by atoms with Crippen LogP contribution in [0.15, 0.2) is 47.3 Å². The minimum Gasteiger partial charge on any atom is -0.493 e. The molecule has 1 N–H and O–H groups in total. The molecule has 11 heteroatoms. The van der Waals surface area contributed by atoms with Crippen molar-refractivity contribution in [1.82, 2.24) is 19.3 Å². The lowest BCUT2D eigenvalue weighted by Gasteiger charge is -2.14. The van der Waals surface area contributed by atoms with Gasteiger partial charge in [0.25, 0.3) is 5.56 Å². The van der Waals surface area contributed by atoms with E-state index in [1.807, 2.05) is 6.07 Å². The largest absolute Gasteiger partial charge is 0.493 e. The molecular formula is C22H20F3N5O3. The van der Waals surface area contributed by atoms with Gasteiger partial charge in [-0.3, -0.25) is 9.48 Å². The van der Waals surface area contributed by atoms with Crippen LogP contribution in [0.4, 0.5) is 24.7 Å². The van der Waals surface area contributed by atoms with Crippen LogP contribution < -0.4 is 20.3 Å². The molecule has 0 radical (unpaired) electrons. The molecule has 0 unspecified atom stereocenters. The minimum atomic E-state index is -4.80. The summed E-state index contributed by atoms with van der Waals surface area (Å²) in [5.74, 6) is -1.03. The van der Waals surface area contributed by atoms with E-state index in [-0.39, 0.29) is 33.9 Å². The number of methoxy groups -OCH3 is 2. The molecular weight excluding hydrogens is 439 g/mol. The zero-order valence-corrected chi connectivity index (χ0v) is 18.2. The molecule has 4 aromatic rings. The van der Waals surface area contributed by atoms with Gasteiger partial charge in [0.1, 0.15) is 11.5 Å². The Bertz CT molecular complexity index is 1390. The number of anilines is 2. The topological polar surface area (TPSA) is 83.2 Å². The van der Waals surface area contributed by atoms with E-state index >= 15 is 0 Å². The summed E-state index contributed by atoms with van der Waals surface area (Å²) >= 11 is 0. The van der Waals surface area contributed by atoms with E-state index in [0.717, 1.165) is 0 Å². The Morgan fingerprint density at radius 1 is 1.00 bits per heavy atom. The van der Waals surface area contributed by atoms with Crippen LogP contribution in [0.1, 0.15) is 11.5 Å². The van der Waals surface area contributed by atoms with E-state index in [9.17, 15) is 18.0 Å². The molecule has 0 aliphatic heterocycles. The lowest BCUT2D eigenvalue weighted by Crippen LogP contribution is -2.20. The van der Waals surface area contributed by atoms with Crippen molar-refractivity contribution in [2.24, 2.45) is 7.05 Å². The molecule has 172 valence electrons. The second-order valence-corrected chi connectivity index (χ2v) is 7.18. The lowest BCUT2D eigenvalue weighted by molar-refractivity contribution is -0.144. The van der Waals surface area contributed by atoms with E-state index < -0.39 is 17.6 Å². The van der Waals surface area contributed by atoms with Crippen LogP contribution >= 0.6 is 0 Å². The number of benzene rings is 2. The monoisotopic (exact) mass is 459 g/mol. The van der Waals surface area contributed by atoms with Gasteiger partial charge in [-0.05, 0) is 25.1 Å². The average Bonchev–Trinajstić information content (AvgIpc) is 3.00. The molecule has 2 aromatic carbocycles. The van der Waals surface area contributed by atoms with Crippen LogP contribution in [0.3, 0.4) is 0 Å². The zero-order valence-electron chi connectivity index (χ0n) is 18.2.